The Morgan fingerprint density at radius 1 is 1.11 bits per heavy atom. The summed E-state index contributed by atoms with van der Waals surface area (Å²) in [6, 6.07) is 12.7. The summed E-state index contributed by atoms with van der Waals surface area (Å²) in [6.45, 7) is 2.50. The van der Waals surface area contributed by atoms with Crippen LogP contribution in [0.4, 0.5) is 5.69 Å². The number of sulfonamides is 1. The number of benzene rings is 2. The molecule has 142 valence electrons. The summed E-state index contributed by atoms with van der Waals surface area (Å²) < 4.78 is 28.2. The molecule has 4 rings (SSSR count). The fourth-order valence-electron chi connectivity index (χ4n) is 4.05. The smallest absolute Gasteiger partial charge is 0.258 e. The second-order valence-electron chi connectivity index (χ2n) is 7.41. The monoisotopic (exact) mass is 384 g/mol. The number of carbonyl (C=O) groups excluding carboxylic acids is 1. The van der Waals surface area contributed by atoms with E-state index in [1.807, 2.05) is 31.2 Å². The molecule has 1 heterocycles. The third kappa shape index (κ3) is 3.51. The van der Waals surface area contributed by atoms with Gasteiger partial charge in [-0.15, -0.1) is 0 Å². The van der Waals surface area contributed by atoms with Crippen LogP contribution in [0.3, 0.4) is 0 Å². The Hall–Kier alpha value is -2.18. The van der Waals surface area contributed by atoms with Crippen LogP contribution in [0, 0.1) is 6.92 Å². The normalized spacial score (nSPS) is 17.3. The molecular formula is C21H24N2O3S. The van der Waals surface area contributed by atoms with Crippen LogP contribution in [-0.4, -0.2) is 26.9 Å². The number of fused-ring (bicyclic) bond motifs is 1. The quantitative estimate of drug-likeness (QED) is 0.878. The lowest BCUT2D eigenvalue weighted by atomic mass is 10.1. The first-order valence-corrected chi connectivity index (χ1v) is 11.0. The molecule has 0 aromatic heterocycles. The highest BCUT2D eigenvalue weighted by Crippen LogP contribution is 2.32. The van der Waals surface area contributed by atoms with E-state index in [-0.39, 0.29) is 11.9 Å². The van der Waals surface area contributed by atoms with Gasteiger partial charge < -0.3 is 4.90 Å². The lowest BCUT2D eigenvalue weighted by Gasteiger charge is -2.19. The summed E-state index contributed by atoms with van der Waals surface area (Å²) in [7, 11) is -3.52. The van der Waals surface area contributed by atoms with Crippen molar-refractivity contribution in [2.24, 2.45) is 0 Å². The fraction of sp³-hybridized carbons (Fsp3) is 0.381. The summed E-state index contributed by atoms with van der Waals surface area (Å²) in [4.78, 5) is 15.0. The first-order chi connectivity index (χ1) is 13.0. The van der Waals surface area contributed by atoms with Crippen molar-refractivity contribution in [1.29, 1.82) is 0 Å². The van der Waals surface area contributed by atoms with Gasteiger partial charge in [0.25, 0.3) is 5.91 Å². The highest BCUT2D eigenvalue weighted by Gasteiger charge is 2.29. The van der Waals surface area contributed by atoms with Crippen LogP contribution in [0.1, 0.15) is 47.2 Å². The third-order valence-electron chi connectivity index (χ3n) is 5.55. The number of hydrogen-bond acceptors (Lipinski definition) is 3. The molecule has 1 N–H and O–H groups in total. The summed E-state index contributed by atoms with van der Waals surface area (Å²) >= 11 is 0. The molecule has 1 aliphatic heterocycles. The molecule has 2 aromatic carbocycles. The SMILES string of the molecule is Cc1ccccc1C(=O)N1CCc2cc(S(=O)(=O)NC3CCCC3)ccc21. The second-order valence-corrected chi connectivity index (χ2v) is 9.13. The predicted octanol–water partition coefficient (Wildman–Crippen LogP) is 3.42. The first-order valence-electron chi connectivity index (χ1n) is 9.48. The minimum atomic E-state index is -3.52. The number of amides is 1. The molecule has 0 bridgehead atoms. The van der Waals surface area contributed by atoms with Gasteiger partial charge >= 0.3 is 0 Å². The second kappa shape index (κ2) is 7.09. The van der Waals surface area contributed by atoms with Crippen molar-refractivity contribution in [2.45, 2.75) is 50.0 Å². The van der Waals surface area contributed by atoms with Crippen LogP contribution in [0.5, 0.6) is 0 Å². The number of nitrogens with one attached hydrogen (secondary N) is 1. The van der Waals surface area contributed by atoms with E-state index in [9.17, 15) is 13.2 Å². The van der Waals surface area contributed by atoms with E-state index >= 15 is 0 Å². The van der Waals surface area contributed by atoms with E-state index in [2.05, 4.69) is 4.72 Å². The Balaban J connectivity index is 1.59. The van der Waals surface area contributed by atoms with Crippen molar-refractivity contribution in [3.05, 3.63) is 59.2 Å². The molecule has 27 heavy (non-hydrogen) atoms. The van der Waals surface area contributed by atoms with Crippen LogP contribution in [0.2, 0.25) is 0 Å². The summed E-state index contributed by atoms with van der Waals surface area (Å²) in [6.07, 6.45) is 4.63. The molecule has 0 spiro atoms. The van der Waals surface area contributed by atoms with Gasteiger partial charge in [-0.1, -0.05) is 31.0 Å². The zero-order valence-corrected chi connectivity index (χ0v) is 16.3. The van der Waals surface area contributed by atoms with E-state index in [1.165, 1.54) is 0 Å². The van der Waals surface area contributed by atoms with E-state index in [1.54, 1.807) is 23.1 Å². The third-order valence-corrected chi connectivity index (χ3v) is 7.07. The van der Waals surface area contributed by atoms with Gasteiger partial charge in [-0.3, -0.25) is 4.79 Å². The van der Waals surface area contributed by atoms with Crippen LogP contribution < -0.4 is 9.62 Å². The summed E-state index contributed by atoms with van der Waals surface area (Å²) in [5.74, 6) is -0.0356. The Labute approximate surface area is 160 Å². The van der Waals surface area contributed by atoms with Gasteiger partial charge in [0.1, 0.15) is 0 Å². The Morgan fingerprint density at radius 2 is 1.85 bits per heavy atom. The maximum absolute atomic E-state index is 12.9. The highest BCUT2D eigenvalue weighted by molar-refractivity contribution is 7.89. The Morgan fingerprint density at radius 3 is 2.59 bits per heavy atom. The minimum Gasteiger partial charge on any atom is -0.308 e. The molecule has 1 amide bonds. The molecule has 0 atom stereocenters. The van der Waals surface area contributed by atoms with Crippen molar-refractivity contribution >= 4 is 21.6 Å². The van der Waals surface area contributed by atoms with Gasteiger partial charge in [-0.05, 0) is 61.6 Å². The molecule has 1 aliphatic carbocycles. The standard InChI is InChI=1S/C21H24N2O3S/c1-15-6-2-5-9-19(15)21(24)23-13-12-16-14-18(10-11-20(16)23)27(25,26)22-17-7-3-4-8-17/h2,5-6,9-11,14,17,22H,3-4,7-8,12-13H2,1H3. The van der Waals surface area contributed by atoms with Crippen LogP contribution in [0.25, 0.3) is 0 Å². The molecular weight excluding hydrogens is 360 g/mol. The van der Waals surface area contributed by atoms with Crippen molar-refractivity contribution in [3.63, 3.8) is 0 Å². The number of hydrogen-bond donors (Lipinski definition) is 1. The van der Waals surface area contributed by atoms with E-state index in [4.69, 9.17) is 0 Å². The maximum Gasteiger partial charge on any atom is 0.258 e. The number of aryl methyl sites for hydroxylation is 1. The molecule has 0 unspecified atom stereocenters. The Kier molecular flexibility index (Phi) is 4.78. The van der Waals surface area contributed by atoms with Crippen molar-refractivity contribution in [1.82, 2.24) is 4.72 Å². The number of nitrogens with zero attached hydrogens (tertiary/aromatic N) is 1. The number of carbonyl (C=O) groups is 1. The molecule has 6 heteroatoms. The van der Waals surface area contributed by atoms with Gasteiger partial charge in [0.2, 0.25) is 10.0 Å². The highest BCUT2D eigenvalue weighted by atomic mass is 32.2. The van der Waals surface area contributed by atoms with Gasteiger partial charge in [0.15, 0.2) is 0 Å². The predicted molar refractivity (Wildman–Crippen MR) is 106 cm³/mol. The van der Waals surface area contributed by atoms with Gasteiger partial charge in [-0.25, -0.2) is 13.1 Å². The van der Waals surface area contributed by atoms with Crippen LogP contribution >= 0.6 is 0 Å². The largest absolute Gasteiger partial charge is 0.308 e. The lowest BCUT2D eigenvalue weighted by molar-refractivity contribution is 0.0989. The van der Waals surface area contributed by atoms with Crippen molar-refractivity contribution in [3.8, 4) is 0 Å². The van der Waals surface area contributed by atoms with Crippen LogP contribution in [-0.2, 0) is 16.4 Å². The fourth-order valence-corrected chi connectivity index (χ4v) is 5.40. The average molecular weight is 385 g/mol. The van der Waals surface area contributed by atoms with Gasteiger partial charge in [0.05, 0.1) is 4.90 Å². The molecule has 2 aliphatic rings. The molecule has 1 saturated carbocycles. The molecule has 5 nitrogen and oxygen atoms in total. The van der Waals surface area contributed by atoms with Gasteiger partial charge in [0, 0.05) is 23.8 Å². The average Bonchev–Trinajstić information content (AvgIpc) is 3.30. The van der Waals surface area contributed by atoms with Gasteiger partial charge in [-0.2, -0.15) is 0 Å². The van der Waals surface area contributed by atoms with Crippen molar-refractivity contribution in [2.75, 3.05) is 11.4 Å². The number of rotatable bonds is 4. The maximum atomic E-state index is 12.9. The molecule has 1 fully saturated rings. The molecule has 2 aromatic rings. The molecule has 0 saturated heterocycles. The summed E-state index contributed by atoms with van der Waals surface area (Å²) in [5.41, 5.74) is 3.34. The van der Waals surface area contributed by atoms with E-state index in [0.717, 1.165) is 42.5 Å². The number of anilines is 1. The summed E-state index contributed by atoms with van der Waals surface area (Å²) in [5, 5.41) is 0. The first kappa shape index (κ1) is 18.2. The van der Waals surface area contributed by atoms with Crippen molar-refractivity contribution < 1.29 is 13.2 Å². The zero-order chi connectivity index (χ0) is 19.0. The van der Waals surface area contributed by atoms with E-state index < -0.39 is 10.0 Å². The zero-order valence-electron chi connectivity index (χ0n) is 15.4. The minimum absolute atomic E-state index is 0.0356. The topological polar surface area (TPSA) is 66.5 Å². The molecule has 0 radical (unpaired) electrons. The lowest BCUT2D eigenvalue weighted by Crippen LogP contribution is -2.32. The van der Waals surface area contributed by atoms with Crippen LogP contribution in [0.15, 0.2) is 47.4 Å². The Bertz CT molecular complexity index is 979. The van der Waals surface area contributed by atoms with E-state index in [0.29, 0.717) is 23.4 Å².